The van der Waals surface area contributed by atoms with E-state index in [1.807, 2.05) is 0 Å². The highest BCUT2D eigenvalue weighted by Gasteiger charge is 2.24. The molecular formula is C12H15N3O6. The molecule has 0 saturated carbocycles. The minimum Gasteiger partial charge on any atom is -0.481 e. The Balaban J connectivity index is 3.13. The van der Waals surface area contributed by atoms with E-state index in [-0.39, 0.29) is 18.0 Å². The third kappa shape index (κ3) is 4.41. The number of carboxylic acids is 1. The lowest BCUT2D eigenvalue weighted by molar-refractivity contribution is -0.393. The number of carbonyl (C=O) groups is 1. The van der Waals surface area contributed by atoms with Crippen molar-refractivity contribution in [2.45, 2.75) is 26.3 Å². The lowest BCUT2D eigenvalue weighted by atomic mass is 10.0. The van der Waals surface area contributed by atoms with Gasteiger partial charge in [-0.15, -0.1) is 0 Å². The highest BCUT2D eigenvalue weighted by Crippen LogP contribution is 2.30. The number of non-ortho nitro benzene ring substituents is 1. The molecule has 0 aliphatic rings. The fourth-order valence-electron chi connectivity index (χ4n) is 1.75. The first-order valence-corrected chi connectivity index (χ1v) is 6.13. The number of rotatable bonds is 7. The fraction of sp³-hybridized carbons (Fsp3) is 0.417. The van der Waals surface area contributed by atoms with Crippen LogP contribution in [0.2, 0.25) is 0 Å². The van der Waals surface area contributed by atoms with E-state index >= 15 is 0 Å². The summed E-state index contributed by atoms with van der Waals surface area (Å²) in [5.41, 5.74) is -0.794. The van der Waals surface area contributed by atoms with Gasteiger partial charge in [0, 0.05) is 12.1 Å². The van der Waals surface area contributed by atoms with Crippen LogP contribution >= 0.6 is 0 Å². The van der Waals surface area contributed by atoms with Crippen LogP contribution < -0.4 is 5.32 Å². The zero-order valence-corrected chi connectivity index (χ0v) is 11.5. The van der Waals surface area contributed by atoms with Crippen molar-refractivity contribution in [2.75, 3.05) is 5.32 Å². The first-order valence-electron chi connectivity index (χ1n) is 6.13. The summed E-state index contributed by atoms with van der Waals surface area (Å²) in [6.07, 6.45) is -0.216. The van der Waals surface area contributed by atoms with Gasteiger partial charge in [0.05, 0.1) is 22.3 Å². The Morgan fingerprint density at radius 1 is 1.29 bits per heavy atom. The van der Waals surface area contributed by atoms with Crippen LogP contribution in [0.5, 0.6) is 0 Å². The van der Waals surface area contributed by atoms with Crippen LogP contribution in [0.25, 0.3) is 0 Å². The van der Waals surface area contributed by atoms with E-state index in [0.717, 1.165) is 12.1 Å². The van der Waals surface area contributed by atoms with Gasteiger partial charge in [-0.3, -0.25) is 25.0 Å². The zero-order valence-electron chi connectivity index (χ0n) is 11.5. The summed E-state index contributed by atoms with van der Waals surface area (Å²) in [5.74, 6) is -1.12. The highest BCUT2D eigenvalue weighted by atomic mass is 16.6. The van der Waals surface area contributed by atoms with Gasteiger partial charge in [0.25, 0.3) is 11.4 Å². The van der Waals surface area contributed by atoms with Gasteiger partial charge in [0.2, 0.25) is 0 Å². The predicted octanol–water partition coefficient (Wildman–Crippen LogP) is 2.41. The predicted molar refractivity (Wildman–Crippen MR) is 74.3 cm³/mol. The Morgan fingerprint density at radius 2 is 1.90 bits per heavy atom. The Hall–Kier alpha value is -2.71. The summed E-state index contributed by atoms with van der Waals surface area (Å²) < 4.78 is 0. The van der Waals surface area contributed by atoms with E-state index < -0.39 is 33.2 Å². The molecule has 0 heterocycles. The summed E-state index contributed by atoms with van der Waals surface area (Å²) in [6.45, 7) is 3.55. The molecule has 0 amide bonds. The second-order valence-corrected chi connectivity index (χ2v) is 4.81. The van der Waals surface area contributed by atoms with Crippen LogP contribution in [0.1, 0.15) is 20.3 Å². The number of nitro benzene ring substituents is 2. The minimum absolute atomic E-state index is 0.0607. The standard InChI is InChI=1S/C12H15N3O6/c1-7(2)10(6-12(16)17)13-9-4-3-8(14(18)19)5-11(9)15(20)21/h3-5,7,10,13H,6H2,1-2H3,(H,16,17). The summed E-state index contributed by atoms with van der Waals surface area (Å²) in [4.78, 5) is 31.0. The number of hydrogen-bond donors (Lipinski definition) is 2. The largest absolute Gasteiger partial charge is 0.481 e. The van der Waals surface area contributed by atoms with Crippen molar-refractivity contribution in [3.63, 3.8) is 0 Å². The number of carboxylic acid groups (broad SMARTS) is 1. The molecule has 1 aromatic rings. The van der Waals surface area contributed by atoms with Crippen molar-refractivity contribution in [3.05, 3.63) is 38.4 Å². The minimum atomic E-state index is -1.04. The zero-order chi connectivity index (χ0) is 16.2. The van der Waals surface area contributed by atoms with E-state index in [0.29, 0.717) is 0 Å². The van der Waals surface area contributed by atoms with Crippen molar-refractivity contribution in [2.24, 2.45) is 5.92 Å². The SMILES string of the molecule is CC(C)C(CC(=O)O)Nc1ccc([N+](=O)[O-])cc1[N+](=O)[O-]. The molecule has 0 radical (unpaired) electrons. The fourth-order valence-corrected chi connectivity index (χ4v) is 1.75. The monoisotopic (exact) mass is 297 g/mol. The van der Waals surface area contributed by atoms with Gasteiger partial charge in [0.1, 0.15) is 5.69 Å². The Labute approximate surface area is 119 Å². The molecule has 1 aromatic carbocycles. The van der Waals surface area contributed by atoms with Crippen LogP contribution in [-0.4, -0.2) is 27.0 Å². The van der Waals surface area contributed by atoms with Gasteiger partial charge >= 0.3 is 5.97 Å². The van der Waals surface area contributed by atoms with E-state index in [1.165, 1.54) is 6.07 Å². The number of nitro groups is 2. The van der Waals surface area contributed by atoms with E-state index in [4.69, 9.17) is 5.11 Å². The average molecular weight is 297 g/mol. The number of nitrogens with zero attached hydrogens (tertiary/aromatic N) is 2. The molecule has 0 fully saturated rings. The summed E-state index contributed by atoms with van der Waals surface area (Å²) in [5, 5.41) is 33.3. The molecule has 0 spiro atoms. The van der Waals surface area contributed by atoms with Gasteiger partial charge in [0.15, 0.2) is 0 Å². The average Bonchev–Trinajstić information content (AvgIpc) is 2.37. The Kier molecular flexibility index (Phi) is 5.17. The quantitative estimate of drug-likeness (QED) is 0.582. The van der Waals surface area contributed by atoms with Gasteiger partial charge in [-0.1, -0.05) is 13.8 Å². The topological polar surface area (TPSA) is 136 Å². The van der Waals surface area contributed by atoms with Crippen molar-refractivity contribution in [1.82, 2.24) is 0 Å². The molecule has 2 N–H and O–H groups in total. The summed E-state index contributed by atoms with van der Waals surface area (Å²) in [6, 6.07) is 2.67. The molecule has 21 heavy (non-hydrogen) atoms. The van der Waals surface area contributed by atoms with Crippen LogP contribution in [-0.2, 0) is 4.79 Å². The van der Waals surface area contributed by atoms with Gasteiger partial charge < -0.3 is 10.4 Å². The first-order chi connectivity index (χ1) is 9.72. The maximum absolute atomic E-state index is 11.0. The second-order valence-electron chi connectivity index (χ2n) is 4.81. The summed E-state index contributed by atoms with van der Waals surface area (Å²) in [7, 11) is 0. The van der Waals surface area contributed by atoms with Crippen LogP contribution in [0.4, 0.5) is 17.1 Å². The van der Waals surface area contributed by atoms with Gasteiger partial charge in [-0.05, 0) is 12.0 Å². The number of benzene rings is 1. The molecule has 0 saturated heterocycles. The molecule has 9 heteroatoms. The molecule has 0 aliphatic carbocycles. The first kappa shape index (κ1) is 16.3. The lowest BCUT2D eigenvalue weighted by Gasteiger charge is -2.21. The molecule has 1 rings (SSSR count). The second kappa shape index (κ2) is 6.64. The number of hydrogen-bond acceptors (Lipinski definition) is 6. The van der Waals surface area contributed by atoms with Crippen molar-refractivity contribution >= 4 is 23.0 Å². The van der Waals surface area contributed by atoms with Crippen LogP contribution in [0.3, 0.4) is 0 Å². The molecule has 1 atom stereocenters. The third-order valence-corrected chi connectivity index (χ3v) is 2.93. The molecule has 0 bridgehead atoms. The molecular weight excluding hydrogens is 282 g/mol. The molecule has 9 nitrogen and oxygen atoms in total. The maximum Gasteiger partial charge on any atom is 0.305 e. The smallest absolute Gasteiger partial charge is 0.305 e. The van der Waals surface area contributed by atoms with Gasteiger partial charge in [-0.2, -0.15) is 0 Å². The molecule has 0 aliphatic heterocycles. The van der Waals surface area contributed by atoms with E-state index in [2.05, 4.69) is 5.32 Å². The molecule has 0 aromatic heterocycles. The van der Waals surface area contributed by atoms with Crippen molar-refractivity contribution in [1.29, 1.82) is 0 Å². The van der Waals surface area contributed by atoms with Crippen LogP contribution in [0.15, 0.2) is 18.2 Å². The van der Waals surface area contributed by atoms with Gasteiger partial charge in [-0.25, -0.2) is 0 Å². The number of anilines is 1. The maximum atomic E-state index is 11.0. The molecule has 1 unspecified atom stereocenters. The normalized spacial score (nSPS) is 12.0. The lowest BCUT2D eigenvalue weighted by Crippen LogP contribution is -2.28. The van der Waals surface area contributed by atoms with Crippen molar-refractivity contribution in [3.8, 4) is 0 Å². The number of nitrogens with one attached hydrogen (secondary N) is 1. The third-order valence-electron chi connectivity index (χ3n) is 2.93. The molecule has 114 valence electrons. The van der Waals surface area contributed by atoms with Crippen molar-refractivity contribution < 1.29 is 19.7 Å². The Bertz CT molecular complexity index is 572. The van der Waals surface area contributed by atoms with E-state index in [9.17, 15) is 25.0 Å². The van der Waals surface area contributed by atoms with E-state index in [1.54, 1.807) is 13.8 Å². The summed E-state index contributed by atoms with van der Waals surface area (Å²) >= 11 is 0. The van der Waals surface area contributed by atoms with Crippen LogP contribution in [0, 0.1) is 26.1 Å². The Morgan fingerprint density at radius 3 is 2.33 bits per heavy atom. The highest BCUT2D eigenvalue weighted by molar-refractivity contribution is 5.70. The number of aliphatic carboxylic acids is 1.